The Morgan fingerprint density at radius 2 is 1.96 bits per heavy atom. The fourth-order valence-electron chi connectivity index (χ4n) is 1.96. The van der Waals surface area contributed by atoms with E-state index in [2.05, 4.69) is 15.5 Å². The Labute approximate surface area is 158 Å². The van der Waals surface area contributed by atoms with Crippen molar-refractivity contribution in [3.8, 4) is 11.5 Å². The standard InChI is InChI=1S/C15H13Cl3N4O3/c1-24-8-5-3-4-7(13(8)25-2)6-20-22-15(23)12-9(16)11(19)10(17)14(18)21-12/h3-6H,1-2H3,(H2,19,21)(H,22,23)/p+1/b20-6-. The summed E-state index contributed by atoms with van der Waals surface area (Å²) in [6.45, 7) is 0. The average molecular weight is 405 g/mol. The number of carbonyl (C=O) groups is 1. The normalized spacial score (nSPS) is 10.8. The highest BCUT2D eigenvalue weighted by Crippen LogP contribution is 2.32. The van der Waals surface area contributed by atoms with Crippen LogP contribution in [-0.4, -0.2) is 26.3 Å². The largest absolute Gasteiger partial charge is 0.493 e. The Hall–Kier alpha value is -2.22. The van der Waals surface area contributed by atoms with Crippen LogP contribution >= 0.6 is 34.8 Å². The molecule has 0 aliphatic rings. The Kier molecular flexibility index (Phi) is 6.30. The van der Waals surface area contributed by atoms with Gasteiger partial charge in [-0.05, 0) is 23.7 Å². The molecule has 2 aromatic rings. The van der Waals surface area contributed by atoms with E-state index in [1.165, 1.54) is 20.4 Å². The number of pyridine rings is 1. The summed E-state index contributed by atoms with van der Waals surface area (Å²) in [6, 6.07) is 5.24. The lowest BCUT2D eigenvalue weighted by molar-refractivity contribution is -0.379. The van der Waals surface area contributed by atoms with Crippen molar-refractivity contribution in [2.75, 3.05) is 20.0 Å². The van der Waals surface area contributed by atoms with Gasteiger partial charge in [-0.3, -0.25) is 4.79 Å². The molecule has 0 radical (unpaired) electrons. The number of hydrogen-bond acceptors (Lipinski definition) is 5. The molecule has 0 aliphatic heterocycles. The summed E-state index contributed by atoms with van der Waals surface area (Å²) in [7, 11) is 3.02. The number of ether oxygens (including phenoxy) is 2. The van der Waals surface area contributed by atoms with Gasteiger partial charge in [-0.1, -0.05) is 29.3 Å². The second kappa shape index (κ2) is 8.24. The van der Waals surface area contributed by atoms with Crippen LogP contribution in [0, 0.1) is 0 Å². The SMILES string of the molecule is COc1cccc(/C=N\NC(=O)c2[nH+]c(Cl)c(Cl)c(N)c2Cl)c1OC. The fourth-order valence-corrected chi connectivity index (χ4v) is 2.57. The van der Waals surface area contributed by atoms with Gasteiger partial charge in [-0.25, -0.2) is 5.43 Å². The molecule has 1 aromatic heterocycles. The summed E-state index contributed by atoms with van der Waals surface area (Å²) < 4.78 is 10.5. The number of nitrogen functional groups attached to an aromatic ring is 1. The molecule has 0 aliphatic carbocycles. The van der Waals surface area contributed by atoms with Crippen LogP contribution in [0.5, 0.6) is 11.5 Å². The molecule has 10 heteroatoms. The maximum atomic E-state index is 12.2. The van der Waals surface area contributed by atoms with Crippen LogP contribution < -0.4 is 25.6 Å². The van der Waals surface area contributed by atoms with Gasteiger partial charge in [0.25, 0.3) is 10.8 Å². The van der Waals surface area contributed by atoms with E-state index in [0.717, 1.165) is 0 Å². The molecule has 2 rings (SSSR count). The summed E-state index contributed by atoms with van der Waals surface area (Å²) in [5, 5.41) is 3.84. The topological polar surface area (TPSA) is 100 Å². The highest BCUT2D eigenvalue weighted by molar-refractivity contribution is 6.45. The van der Waals surface area contributed by atoms with Crippen LogP contribution in [0.3, 0.4) is 0 Å². The molecule has 4 N–H and O–H groups in total. The van der Waals surface area contributed by atoms with E-state index in [4.69, 9.17) is 50.0 Å². The molecule has 25 heavy (non-hydrogen) atoms. The average Bonchev–Trinajstić information content (AvgIpc) is 2.62. The predicted molar refractivity (Wildman–Crippen MR) is 97.0 cm³/mol. The molecule has 132 valence electrons. The number of aromatic nitrogens is 1. The molecule has 0 unspecified atom stereocenters. The molecule has 7 nitrogen and oxygen atoms in total. The van der Waals surface area contributed by atoms with Crippen molar-refractivity contribution in [3.63, 3.8) is 0 Å². The van der Waals surface area contributed by atoms with Crippen molar-refractivity contribution in [2.24, 2.45) is 5.10 Å². The number of methoxy groups -OCH3 is 2. The summed E-state index contributed by atoms with van der Waals surface area (Å²) in [4.78, 5) is 14.8. The maximum Gasteiger partial charge on any atom is 0.337 e. The van der Waals surface area contributed by atoms with E-state index in [1.807, 2.05) is 0 Å². The highest BCUT2D eigenvalue weighted by atomic mass is 35.5. The third-order valence-corrected chi connectivity index (χ3v) is 4.32. The third-order valence-electron chi connectivity index (χ3n) is 3.15. The highest BCUT2D eigenvalue weighted by Gasteiger charge is 2.25. The van der Waals surface area contributed by atoms with Gasteiger partial charge in [0.1, 0.15) is 10.0 Å². The van der Waals surface area contributed by atoms with Gasteiger partial charge in [-0.15, -0.1) is 0 Å². The summed E-state index contributed by atoms with van der Waals surface area (Å²) in [5.41, 5.74) is 8.54. The number of halogens is 3. The van der Waals surface area contributed by atoms with E-state index >= 15 is 0 Å². The van der Waals surface area contributed by atoms with Crippen LogP contribution in [0.2, 0.25) is 15.2 Å². The molecule has 0 atom stereocenters. The number of H-pyrrole nitrogens is 1. The molecule has 0 saturated heterocycles. The Morgan fingerprint density at radius 3 is 2.60 bits per heavy atom. The number of benzene rings is 1. The molecule has 0 bridgehead atoms. The van der Waals surface area contributed by atoms with Gasteiger partial charge in [0.2, 0.25) is 0 Å². The third kappa shape index (κ3) is 4.07. The Bertz CT molecular complexity index is 843. The zero-order valence-corrected chi connectivity index (χ0v) is 15.5. The number of hydrogen-bond donors (Lipinski definition) is 2. The van der Waals surface area contributed by atoms with Crippen molar-refractivity contribution < 1.29 is 19.3 Å². The van der Waals surface area contributed by atoms with Gasteiger partial charge in [0.15, 0.2) is 11.5 Å². The molecule has 1 aromatic carbocycles. The number of aromatic amines is 1. The molecule has 0 fully saturated rings. The molecular formula is C15H14Cl3N4O3+. The number of amides is 1. The van der Waals surface area contributed by atoms with E-state index in [0.29, 0.717) is 17.1 Å². The number of hydrazone groups is 1. The second-order valence-electron chi connectivity index (χ2n) is 4.64. The van der Waals surface area contributed by atoms with Gasteiger partial charge in [0, 0.05) is 5.56 Å². The van der Waals surface area contributed by atoms with Crippen LogP contribution in [0.25, 0.3) is 0 Å². The van der Waals surface area contributed by atoms with E-state index in [-0.39, 0.29) is 26.6 Å². The maximum absolute atomic E-state index is 12.2. The van der Waals surface area contributed by atoms with Crippen molar-refractivity contribution in [1.29, 1.82) is 0 Å². The Balaban J connectivity index is 2.23. The summed E-state index contributed by atoms with van der Waals surface area (Å²) in [5.74, 6) is 0.367. The zero-order valence-electron chi connectivity index (χ0n) is 13.2. The van der Waals surface area contributed by atoms with Gasteiger partial charge < -0.3 is 15.2 Å². The minimum Gasteiger partial charge on any atom is -0.493 e. The summed E-state index contributed by atoms with van der Waals surface area (Å²) >= 11 is 17.7. The van der Waals surface area contributed by atoms with Crippen molar-refractivity contribution in [2.45, 2.75) is 0 Å². The number of anilines is 1. The smallest absolute Gasteiger partial charge is 0.337 e. The summed E-state index contributed by atoms with van der Waals surface area (Å²) in [6.07, 6.45) is 1.40. The van der Waals surface area contributed by atoms with Crippen molar-refractivity contribution in [1.82, 2.24) is 5.43 Å². The lowest BCUT2D eigenvalue weighted by atomic mass is 10.2. The second-order valence-corrected chi connectivity index (χ2v) is 5.77. The number of nitrogens with one attached hydrogen (secondary N) is 2. The number of para-hydroxylation sites is 1. The fraction of sp³-hybridized carbons (Fsp3) is 0.133. The molecular weight excluding hydrogens is 391 g/mol. The van der Waals surface area contributed by atoms with Crippen LogP contribution in [0.4, 0.5) is 5.69 Å². The van der Waals surface area contributed by atoms with Crippen LogP contribution in [0.1, 0.15) is 16.1 Å². The lowest BCUT2D eigenvalue weighted by Crippen LogP contribution is -2.28. The quantitative estimate of drug-likeness (QED) is 0.454. The molecule has 1 amide bonds. The lowest BCUT2D eigenvalue weighted by Gasteiger charge is -2.09. The number of nitrogens with two attached hydrogens (primary N) is 1. The van der Waals surface area contributed by atoms with E-state index < -0.39 is 5.91 Å². The van der Waals surface area contributed by atoms with Crippen LogP contribution in [0.15, 0.2) is 23.3 Å². The number of carbonyl (C=O) groups excluding carboxylic acids is 1. The Morgan fingerprint density at radius 1 is 1.24 bits per heavy atom. The minimum absolute atomic E-state index is 0.00400. The van der Waals surface area contributed by atoms with E-state index in [1.54, 1.807) is 18.2 Å². The van der Waals surface area contributed by atoms with Gasteiger partial charge in [-0.2, -0.15) is 10.1 Å². The first-order valence-electron chi connectivity index (χ1n) is 6.80. The minimum atomic E-state index is -0.645. The van der Waals surface area contributed by atoms with Crippen molar-refractivity contribution in [3.05, 3.63) is 44.7 Å². The first-order valence-corrected chi connectivity index (χ1v) is 7.93. The first kappa shape index (κ1) is 19.1. The number of nitrogens with zero attached hydrogens (tertiary/aromatic N) is 1. The number of rotatable bonds is 5. The van der Waals surface area contributed by atoms with E-state index in [9.17, 15) is 4.79 Å². The molecule has 0 saturated carbocycles. The first-order chi connectivity index (χ1) is 11.9. The van der Waals surface area contributed by atoms with Crippen LogP contribution in [-0.2, 0) is 0 Å². The van der Waals surface area contributed by atoms with Gasteiger partial charge in [0.05, 0.1) is 26.1 Å². The predicted octanol–water partition coefficient (Wildman–Crippen LogP) is 2.82. The molecule has 0 spiro atoms. The molecule has 1 heterocycles. The van der Waals surface area contributed by atoms with Crippen molar-refractivity contribution >= 4 is 52.6 Å². The zero-order chi connectivity index (χ0) is 18.6. The monoisotopic (exact) mass is 403 g/mol. The van der Waals surface area contributed by atoms with Gasteiger partial charge >= 0.3 is 5.91 Å².